The van der Waals surface area contributed by atoms with E-state index in [4.69, 9.17) is 5.11 Å². The first-order valence-electron chi connectivity index (χ1n) is 4.61. The summed E-state index contributed by atoms with van der Waals surface area (Å²) in [6.07, 6.45) is 1.95. The second-order valence-electron chi connectivity index (χ2n) is 3.07. The van der Waals surface area contributed by atoms with Gasteiger partial charge >= 0.3 is 0 Å². The fraction of sp³-hybridized carbons (Fsp3) is 1.00. The van der Waals surface area contributed by atoms with Gasteiger partial charge < -0.3 is 10.0 Å². The van der Waals surface area contributed by atoms with E-state index in [0.29, 0.717) is 0 Å². The van der Waals surface area contributed by atoms with Crippen LogP contribution in [0.5, 0.6) is 0 Å². The van der Waals surface area contributed by atoms with E-state index in [1.807, 2.05) is 6.92 Å². The van der Waals surface area contributed by atoms with Gasteiger partial charge in [0.15, 0.2) is 0 Å². The molecular weight excluding hydrogens is 138 g/mol. The van der Waals surface area contributed by atoms with Crippen LogP contribution in [0.15, 0.2) is 0 Å². The van der Waals surface area contributed by atoms with Crippen LogP contribution in [0.2, 0.25) is 0 Å². The zero-order chi connectivity index (χ0) is 8.69. The van der Waals surface area contributed by atoms with E-state index in [2.05, 4.69) is 18.7 Å². The Morgan fingerprint density at radius 3 is 2.27 bits per heavy atom. The van der Waals surface area contributed by atoms with Crippen molar-refractivity contribution in [1.29, 1.82) is 0 Å². The zero-order valence-corrected chi connectivity index (χ0v) is 8.01. The predicted molar refractivity (Wildman–Crippen MR) is 48.7 cm³/mol. The van der Waals surface area contributed by atoms with Crippen molar-refractivity contribution >= 4 is 0 Å². The molecule has 0 bridgehead atoms. The second kappa shape index (κ2) is 6.62. The Bertz CT molecular complexity index is 83.6. The maximum atomic E-state index is 9.04. The lowest BCUT2D eigenvalue weighted by molar-refractivity contribution is 0.158. The van der Waals surface area contributed by atoms with Crippen molar-refractivity contribution in [2.45, 2.75) is 39.7 Å². The SMILES string of the molecule is CCCN(CC)CCC(C)O. The summed E-state index contributed by atoms with van der Waals surface area (Å²) in [4.78, 5) is 2.37. The van der Waals surface area contributed by atoms with Crippen molar-refractivity contribution in [3.63, 3.8) is 0 Å². The fourth-order valence-electron chi connectivity index (χ4n) is 1.11. The van der Waals surface area contributed by atoms with E-state index in [1.54, 1.807) is 0 Å². The number of rotatable bonds is 6. The van der Waals surface area contributed by atoms with E-state index in [-0.39, 0.29) is 6.10 Å². The first kappa shape index (κ1) is 10.9. The summed E-state index contributed by atoms with van der Waals surface area (Å²) in [7, 11) is 0. The van der Waals surface area contributed by atoms with Crippen LogP contribution in [0.4, 0.5) is 0 Å². The van der Waals surface area contributed by atoms with Crippen molar-refractivity contribution in [1.82, 2.24) is 4.90 Å². The Morgan fingerprint density at radius 2 is 1.91 bits per heavy atom. The molecule has 2 heteroatoms. The fourth-order valence-corrected chi connectivity index (χ4v) is 1.11. The van der Waals surface area contributed by atoms with E-state index < -0.39 is 0 Å². The number of hydrogen-bond donors (Lipinski definition) is 1. The molecule has 0 rings (SSSR count). The molecule has 0 amide bonds. The Kier molecular flexibility index (Phi) is 6.57. The van der Waals surface area contributed by atoms with Crippen LogP contribution in [0.3, 0.4) is 0 Å². The molecular formula is C9H21NO. The second-order valence-corrected chi connectivity index (χ2v) is 3.07. The molecule has 0 spiro atoms. The Hall–Kier alpha value is -0.0800. The number of nitrogens with zero attached hydrogens (tertiary/aromatic N) is 1. The summed E-state index contributed by atoms with van der Waals surface area (Å²) in [5.41, 5.74) is 0. The van der Waals surface area contributed by atoms with Gasteiger partial charge in [0.25, 0.3) is 0 Å². The minimum atomic E-state index is -0.152. The Balaban J connectivity index is 3.35. The predicted octanol–water partition coefficient (Wildman–Crippen LogP) is 1.49. The van der Waals surface area contributed by atoms with E-state index in [0.717, 1.165) is 26.1 Å². The minimum absolute atomic E-state index is 0.152. The van der Waals surface area contributed by atoms with Gasteiger partial charge in [0.1, 0.15) is 0 Å². The first-order valence-corrected chi connectivity index (χ1v) is 4.61. The van der Waals surface area contributed by atoms with Crippen LogP contribution >= 0.6 is 0 Å². The van der Waals surface area contributed by atoms with Gasteiger partial charge in [-0.05, 0) is 32.9 Å². The summed E-state index contributed by atoms with van der Waals surface area (Å²) in [5.74, 6) is 0. The third-order valence-electron chi connectivity index (χ3n) is 1.85. The van der Waals surface area contributed by atoms with Crippen LogP contribution in [0.25, 0.3) is 0 Å². The topological polar surface area (TPSA) is 23.5 Å². The van der Waals surface area contributed by atoms with E-state index in [9.17, 15) is 0 Å². The number of hydrogen-bond acceptors (Lipinski definition) is 2. The molecule has 0 saturated heterocycles. The van der Waals surface area contributed by atoms with Crippen LogP contribution < -0.4 is 0 Å². The molecule has 0 saturated carbocycles. The van der Waals surface area contributed by atoms with Crippen molar-refractivity contribution in [3.05, 3.63) is 0 Å². The standard InChI is InChI=1S/C9H21NO/c1-4-7-10(5-2)8-6-9(3)11/h9,11H,4-8H2,1-3H3. The van der Waals surface area contributed by atoms with E-state index >= 15 is 0 Å². The average molecular weight is 159 g/mol. The molecule has 0 aliphatic rings. The normalized spacial score (nSPS) is 13.9. The third-order valence-corrected chi connectivity index (χ3v) is 1.85. The lowest BCUT2D eigenvalue weighted by Crippen LogP contribution is -2.27. The summed E-state index contributed by atoms with van der Waals surface area (Å²) in [6.45, 7) is 9.48. The summed E-state index contributed by atoms with van der Waals surface area (Å²) >= 11 is 0. The largest absolute Gasteiger partial charge is 0.393 e. The van der Waals surface area contributed by atoms with Gasteiger partial charge in [-0.3, -0.25) is 0 Å². The molecule has 0 aromatic rings. The molecule has 2 nitrogen and oxygen atoms in total. The minimum Gasteiger partial charge on any atom is -0.393 e. The highest BCUT2D eigenvalue weighted by atomic mass is 16.3. The van der Waals surface area contributed by atoms with Gasteiger partial charge in [-0.15, -0.1) is 0 Å². The van der Waals surface area contributed by atoms with Gasteiger partial charge in [-0.1, -0.05) is 13.8 Å². The number of aliphatic hydroxyl groups excluding tert-OH is 1. The molecule has 1 N–H and O–H groups in total. The molecule has 11 heavy (non-hydrogen) atoms. The summed E-state index contributed by atoms with van der Waals surface area (Å²) in [6, 6.07) is 0. The molecule has 0 aromatic carbocycles. The molecule has 0 aliphatic heterocycles. The maximum absolute atomic E-state index is 9.04. The highest BCUT2D eigenvalue weighted by Crippen LogP contribution is 1.96. The van der Waals surface area contributed by atoms with Gasteiger partial charge in [0, 0.05) is 6.54 Å². The first-order chi connectivity index (χ1) is 5.20. The molecule has 1 unspecified atom stereocenters. The van der Waals surface area contributed by atoms with Gasteiger partial charge in [0.05, 0.1) is 6.10 Å². The van der Waals surface area contributed by atoms with Crippen LogP contribution in [0, 0.1) is 0 Å². The van der Waals surface area contributed by atoms with E-state index in [1.165, 1.54) is 6.42 Å². The molecule has 0 radical (unpaired) electrons. The van der Waals surface area contributed by atoms with Crippen molar-refractivity contribution in [3.8, 4) is 0 Å². The van der Waals surface area contributed by atoms with Crippen LogP contribution in [-0.4, -0.2) is 35.7 Å². The molecule has 0 heterocycles. The van der Waals surface area contributed by atoms with Crippen LogP contribution in [-0.2, 0) is 0 Å². The lowest BCUT2D eigenvalue weighted by atomic mass is 10.2. The molecule has 1 atom stereocenters. The molecule has 0 aliphatic carbocycles. The molecule has 0 aromatic heterocycles. The summed E-state index contributed by atoms with van der Waals surface area (Å²) < 4.78 is 0. The average Bonchev–Trinajstić information content (AvgIpc) is 1.97. The quantitative estimate of drug-likeness (QED) is 0.634. The van der Waals surface area contributed by atoms with Crippen LogP contribution in [0.1, 0.15) is 33.6 Å². The molecule has 0 fully saturated rings. The van der Waals surface area contributed by atoms with Gasteiger partial charge in [-0.25, -0.2) is 0 Å². The molecule has 68 valence electrons. The Morgan fingerprint density at radius 1 is 1.27 bits per heavy atom. The van der Waals surface area contributed by atoms with Crippen molar-refractivity contribution in [2.24, 2.45) is 0 Å². The third kappa shape index (κ3) is 6.32. The van der Waals surface area contributed by atoms with Crippen molar-refractivity contribution < 1.29 is 5.11 Å². The smallest absolute Gasteiger partial charge is 0.0524 e. The lowest BCUT2D eigenvalue weighted by Gasteiger charge is -2.19. The van der Waals surface area contributed by atoms with Gasteiger partial charge in [-0.2, -0.15) is 0 Å². The monoisotopic (exact) mass is 159 g/mol. The Labute approximate surface area is 70.2 Å². The zero-order valence-electron chi connectivity index (χ0n) is 8.01. The number of aliphatic hydroxyl groups is 1. The van der Waals surface area contributed by atoms with Gasteiger partial charge in [0.2, 0.25) is 0 Å². The highest BCUT2D eigenvalue weighted by molar-refractivity contribution is 4.56. The highest BCUT2D eigenvalue weighted by Gasteiger charge is 2.01. The van der Waals surface area contributed by atoms with Crippen molar-refractivity contribution in [2.75, 3.05) is 19.6 Å². The maximum Gasteiger partial charge on any atom is 0.0524 e. The summed E-state index contributed by atoms with van der Waals surface area (Å²) in [5, 5.41) is 9.04.